The van der Waals surface area contributed by atoms with Crippen LogP contribution >= 0.6 is 0 Å². The summed E-state index contributed by atoms with van der Waals surface area (Å²) in [4.78, 5) is 12.4. The van der Waals surface area contributed by atoms with Crippen molar-refractivity contribution in [2.75, 3.05) is 5.32 Å². The highest BCUT2D eigenvalue weighted by Crippen LogP contribution is 2.25. The van der Waals surface area contributed by atoms with Gasteiger partial charge in [-0.05, 0) is 17.7 Å². The van der Waals surface area contributed by atoms with Crippen molar-refractivity contribution in [1.82, 2.24) is 15.1 Å². The van der Waals surface area contributed by atoms with E-state index in [-0.39, 0.29) is 5.91 Å². The second-order valence-electron chi connectivity index (χ2n) is 5.84. The van der Waals surface area contributed by atoms with Crippen LogP contribution in [-0.4, -0.2) is 15.7 Å². The van der Waals surface area contributed by atoms with E-state index in [1.54, 1.807) is 12.1 Å². The Morgan fingerprint density at radius 2 is 1.75 bits per heavy atom. The largest absolute Gasteiger partial charge is 0.307 e. The number of nitrogens with one attached hydrogen (secondary N) is 2. The minimum absolute atomic E-state index is 0.130. The molecule has 0 radical (unpaired) electrons. The highest BCUT2D eigenvalue weighted by molar-refractivity contribution is 6.04. The first-order chi connectivity index (χ1) is 11.8. The molecule has 0 fully saturated rings. The number of hydrogen-bond acceptors (Lipinski definition) is 3. The van der Waals surface area contributed by atoms with Gasteiger partial charge in [-0.3, -0.25) is 9.48 Å². The van der Waals surface area contributed by atoms with Crippen molar-refractivity contribution in [3.8, 4) is 0 Å². The monoisotopic (exact) mass is 318 g/mol. The third kappa shape index (κ3) is 2.81. The van der Waals surface area contributed by atoms with E-state index in [1.807, 2.05) is 41.1 Å². The van der Waals surface area contributed by atoms with Gasteiger partial charge in [0.1, 0.15) is 0 Å². The Bertz CT molecular complexity index is 856. The molecule has 1 aliphatic heterocycles. The van der Waals surface area contributed by atoms with Crippen LogP contribution in [0.1, 0.15) is 27.2 Å². The van der Waals surface area contributed by atoms with Gasteiger partial charge in [-0.25, -0.2) is 0 Å². The van der Waals surface area contributed by atoms with Crippen LogP contribution in [-0.2, 0) is 19.6 Å². The normalized spacial score (nSPS) is 12.8. The van der Waals surface area contributed by atoms with E-state index in [4.69, 9.17) is 0 Å². The summed E-state index contributed by atoms with van der Waals surface area (Å²) < 4.78 is 1.98. The molecular weight excluding hydrogens is 300 g/mol. The molecular formula is C19H18N4O. The summed E-state index contributed by atoms with van der Waals surface area (Å²) in [6.07, 6.45) is 0. The van der Waals surface area contributed by atoms with Crippen LogP contribution in [0.5, 0.6) is 0 Å². The maximum Gasteiger partial charge on any atom is 0.256 e. The lowest BCUT2D eigenvalue weighted by molar-refractivity contribution is 0.102. The zero-order valence-corrected chi connectivity index (χ0v) is 13.2. The number of aromatic nitrogens is 2. The van der Waals surface area contributed by atoms with Crippen molar-refractivity contribution in [3.63, 3.8) is 0 Å². The first kappa shape index (κ1) is 14.7. The zero-order valence-electron chi connectivity index (χ0n) is 13.2. The molecule has 0 saturated carbocycles. The number of fused-ring (bicyclic) bond motifs is 1. The molecule has 2 N–H and O–H groups in total. The van der Waals surface area contributed by atoms with Crippen LogP contribution < -0.4 is 10.6 Å². The number of nitrogens with zero attached hydrogens (tertiary/aromatic N) is 2. The minimum Gasteiger partial charge on any atom is -0.307 e. The Morgan fingerprint density at radius 3 is 2.50 bits per heavy atom. The van der Waals surface area contributed by atoms with Crippen molar-refractivity contribution in [3.05, 3.63) is 83.0 Å². The van der Waals surface area contributed by atoms with Crippen LogP contribution in [0.4, 0.5) is 5.82 Å². The number of rotatable bonds is 4. The van der Waals surface area contributed by atoms with Gasteiger partial charge in [0.2, 0.25) is 0 Å². The molecule has 120 valence electrons. The standard InChI is InChI=1S/C19H18N4O/c24-19(15-9-5-2-6-10-15)21-18-16-11-20-12-17(16)23(22-18)13-14-7-3-1-4-8-14/h1-10,20H,11-13H2,(H,21,22,24). The van der Waals surface area contributed by atoms with E-state index in [2.05, 4.69) is 27.9 Å². The molecule has 0 spiro atoms. The lowest BCUT2D eigenvalue weighted by atomic mass is 10.2. The number of hydrogen-bond donors (Lipinski definition) is 2. The van der Waals surface area contributed by atoms with Crippen LogP contribution in [0.15, 0.2) is 60.7 Å². The second kappa shape index (κ2) is 6.29. The Hall–Kier alpha value is -2.92. The van der Waals surface area contributed by atoms with E-state index in [9.17, 15) is 4.79 Å². The van der Waals surface area contributed by atoms with Crippen molar-refractivity contribution in [2.45, 2.75) is 19.6 Å². The average Bonchev–Trinajstić information content (AvgIpc) is 3.22. The summed E-state index contributed by atoms with van der Waals surface area (Å²) in [6.45, 7) is 2.21. The molecule has 5 nitrogen and oxygen atoms in total. The molecule has 0 unspecified atom stereocenters. The van der Waals surface area contributed by atoms with Gasteiger partial charge in [-0.15, -0.1) is 0 Å². The summed E-state index contributed by atoms with van der Waals surface area (Å²) in [5.74, 6) is 0.523. The maximum atomic E-state index is 12.4. The van der Waals surface area contributed by atoms with E-state index < -0.39 is 0 Å². The first-order valence-electron chi connectivity index (χ1n) is 8.01. The smallest absolute Gasteiger partial charge is 0.256 e. The number of amides is 1. The lowest BCUT2D eigenvalue weighted by Gasteiger charge is -2.06. The zero-order chi connectivity index (χ0) is 16.4. The van der Waals surface area contributed by atoms with Gasteiger partial charge in [-0.1, -0.05) is 48.5 Å². The molecule has 3 aromatic rings. The molecule has 2 aromatic carbocycles. The highest BCUT2D eigenvalue weighted by Gasteiger charge is 2.23. The fourth-order valence-corrected chi connectivity index (χ4v) is 2.98. The van der Waals surface area contributed by atoms with E-state index in [1.165, 1.54) is 5.56 Å². The molecule has 24 heavy (non-hydrogen) atoms. The SMILES string of the molecule is O=C(Nc1nn(Cc2ccccc2)c2c1CNC2)c1ccccc1. The summed E-state index contributed by atoms with van der Waals surface area (Å²) >= 11 is 0. The molecule has 0 saturated heterocycles. The summed E-state index contributed by atoms with van der Waals surface area (Å²) in [5, 5.41) is 10.9. The van der Waals surface area contributed by atoms with Crippen molar-refractivity contribution in [2.24, 2.45) is 0 Å². The molecule has 0 bridgehead atoms. The Balaban J connectivity index is 1.60. The highest BCUT2D eigenvalue weighted by atomic mass is 16.1. The van der Waals surface area contributed by atoms with Crippen LogP contribution in [0, 0.1) is 0 Å². The summed E-state index contributed by atoms with van der Waals surface area (Å²) in [7, 11) is 0. The fraction of sp³-hybridized carbons (Fsp3) is 0.158. The van der Waals surface area contributed by atoms with Crippen LogP contribution in [0.3, 0.4) is 0 Å². The van der Waals surface area contributed by atoms with Gasteiger partial charge in [0.15, 0.2) is 5.82 Å². The molecule has 4 rings (SSSR count). The second-order valence-corrected chi connectivity index (χ2v) is 5.84. The number of anilines is 1. The van der Waals surface area contributed by atoms with Gasteiger partial charge in [0, 0.05) is 24.2 Å². The Kier molecular flexibility index (Phi) is 3.84. The predicted molar refractivity (Wildman–Crippen MR) is 92.7 cm³/mol. The summed E-state index contributed by atoms with van der Waals surface area (Å²) in [5.41, 5.74) is 4.04. The van der Waals surface area contributed by atoms with Crippen molar-refractivity contribution in [1.29, 1.82) is 0 Å². The number of carbonyl (C=O) groups is 1. The average molecular weight is 318 g/mol. The van der Waals surface area contributed by atoms with E-state index in [0.29, 0.717) is 17.9 Å². The third-order valence-corrected chi connectivity index (χ3v) is 4.20. The Morgan fingerprint density at radius 1 is 1.04 bits per heavy atom. The van der Waals surface area contributed by atoms with Gasteiger partial charge < -0.3 is 10.6 Å². The van der Waals surface area contributed by atoms with Crippen molar-refractivity contribution >= 4 is 11.7 Å². The molecule has 1 aliphatic rings. The molecule has 2 heterocycles. The minimum atomic E-state index is -0.130. The molecule has 0 atom stereocenters. The summed E-state index contributed by atoms with van der Waals surface area (Å²) in [6, 6.07) is 19.4. The Labute approximate surface area is 140 Å². The predicted octanol–water partition coefficient (Wildman–Crippen LogP) is 2.79. The third-order valence-electron chi connectivity index (χ3n) is 4.20. The lowest BCUT2D eigenvalue weighted by Crippen LogP contribution is -2.15. The van der Waals surface area contributed by atoms with Crippen LogP contribution in [0.25, 0.3) is 0 Å². The van der Waals surface area contributed by atoms with Gasteiger partial charge in [-0.2, -0.15) is 5.10 Å². The number of benzene rings is 2. The van der Waals surface area contributed by atoms with Gasteiger partial charge in [0.25, 0.3) is 5.91 Å². The topological polar surface area (TPSA) is 59.0 Å². The fourth-order valence-electron chi connectivity index (χ4n) is 2.98. The maximum absolute atomic E-state index is 12.4. The van der Waals surface area contributed by atoms with Crippen LogP contribution in [0.2, 0.25) is 0 Å². The molecule has 5 heteroatoms. The first-order valence-corrected chi connectivity index (χ1v) is 8.01. The molecule has 1 aromatic heterocycles. The number of carbonyl (C=O) groups excluding carboxylic acids is 1. The molecule has 1 amide bonds. The van der Waals surface area contributed by atoms with E-state index >= 15 is 0 Å². The van der Waals surface area contributed by atoms with Gasteiger partial charge in [0.05, 0.1) is 12.2 Å². The van der Waals surface area contributed by atoms with Gasteiger partial charge >= 0.3 is 0 Å². The van der Waals surface area contributed by atoms with E-state index in [0.717, 1.165) is 24.3 Å². The quantitative estimate of drug-likeness (QED) is 0.778. The molecule has 0 aliphatic carbocycles. The van der Waals surface area contributed by atoms with Crippen molar-refractivity contribution < 1.29 is 4.79 Å².